The van der Waals surface area contributed by atoms with Crippen molar-refractivity contribution in [1.29, 1.82) is 0 Å². The third-order valence-corrected chi connectivity index (χ3v) is 5.94. The minimum absolute atomic E-state index is 0.307. The molecule has 1 aromatic heterocycles. The summed E-state index contributed by atoms with van der Waals surface area (Å²) in [7, 11) is 0.133. The molecule has 0 fully saturated rings. The Hall–Kier alpha value is -3.19. The average Bonchev–Trinajstić information content (AvgIpc) is 3.02. The minimum Gasteiger partial charge on any atom is -0.465 e. The van der Waals surface area contributed by atoms with Crippen molar-refractivity contribution < 1.29 is 18.5 Å². The molecule has 0 aliphatic heterocycles. The fourth-order valence-electron chi connectivity index (χ4n) is 3.12. The first kappa shape index (κ1) is 20.5. The maximum Gasteiger partial charge on any atom is 0.339 e. The summed E-state index contributed by atoms with van der Waals surface area (Å²) in [6, 6.07) is 16.5. The molecule has 2 N–H and O–H groups in total. The number of rotatable bonds is 6. The Balaban J connectivity index is 1.76. The highest BCUT2D eigenvalue weighted by molar-refractivity contribution is 7.84. The molecule has 3 aromatic rings. The second kappa shape index (κ2) is 8.87. The van der Waals surface area contributed by atoms with Gasteiger partial charge in [0.15, 0.2) is 0 Å². The van der Waals surface area contributed by atoms with Crippen LogP contribution < -0.4 is 5.32 Å². The number of hydrogen-bond donors (Lipinski definition) is 2. The Morgan fingerprint density at radius 3 is 2.48 bits per heavy atom. The van der Waals surface area contributed by atoms with Crippen molar-refractivity contribution in [2.75, 3.05) is 12.4 Å². The van der Waals surface area contributed by atoms with Crippen molar-refractivity contribution in [3.63, 3.8) is 0 Å². The maximum atomic E-state index is 12.7. The quantitative estimate of drug-likeness (QED) is 0.602. The second-order valence-corrected chi connectivity index (χ2v) is 8.03. The number of aryl methyl sites for hydroxylation is 1. The van der Waals surface area contributed by atoms with Gasteiger partial charge in [0.1, 0.15) is 5.69 Å². The normalized spacial score (nSPS) is 11.7. The lowest BCUT2D eigenvalue weighted by Crippen LogP contribution is -2.14. The number of carbonyl (C=O) groups is 2. The first-order chi connectivity index (χ1) is 13.9. The smallest absolute Gasteiger partial charge is 0.339 e. The Morgan fingerprint density at radius 1 is 1.07 bits per heavy atom. The van der Waals surface area contributed by atoms with E-state index in [0.29, 0.717) is 34.0 Å². The van der Waals surface area contributed by atoms with Gasteiger partial charge in [0.2, 0.25) is 0 Å². The summed E-state index contributed by atoms with van der Waals surface area (Å²) in [5, 5.41) is 2.83. The number of H-pyrrole nitrogens is 1. The van der Waals surface area contributed by atoms with Crippen LogP contribution in [0.25, 0.3) is 0 Å². The molecule has 1 amide bonds. The predicted octanol–water partition coefficient (Wildman–Crippen LogP) is 3.98. The van der Waals surface area contributed by atoms with E-state index in [2.05, 4.69) is 10.3 Å². The third-order valence-electron chi connectivity index (χ3n) is 4.54. The summed E-state index contributed by atoms with van der Waals surface area (Å²) in [4.78, 5) is 28.3. The summed E-state index contributed by atoms with van der Waals surface area (Å²) in [5.41, 5.74) is 3.22. The van der Waals surface area contributed by atoms with Crippen molar-refractivity contribution in [3.05, 3.63) is 82.7 Å². The Bertz CT molecular complexity index is 1070. The first-order valence-corrected chi connectivity index (χ1v) is 10.3. The highest BCUT2D eigenvalue weighted by atomic mass is 32.2. The number of carbonyl (C=O) groups excluding carboxylic acids is 2. The zero-order chi connectivity index (χ0) is 21.0. The Labute approximate surface area is 171 Å². The minimum atomic E-state index is -1.17. The number of aromatic amines is 1. The van der Waals surface area contributed by atoms with Crippen LogP contribution >= 0.6 is 0 Å². The number of ether oxygens (including phenoxy) is 1. The van der Waals surface area contributed by atoms with Gasteiger partial charge in [0, 0.05) is 16.3 Å². The molecule has 7 heteroatoms. The van der Waals surface area contributed by atoms with E-state index in [0.717, 1.165) is 10.5 Å². The molecule has 0 aliphatic carbocycles. The number of amides is 1. The van der Waals surface area contributed by atoms with Crippen LogP contribution in [0.2, 0.25) is 0 Å². The van der Waals surface area contributed by atoms with Gasteiger partial charge in [0.05, 0.1) is 29.2 Å². The fraction of sp³-hybridized carbons (Fsp3) is 0.182. The first-order valence-electron chi connectivity index (χ1n) is 9.02. The molecular formula is C22H22N2O4S. The van der Waals surface area contributed by atoms with Gasteiger partial charge in [-0.05, 0) is 49.2 Å². The molecule has 0 radical (unpaired) electrons. The average molecular weight is 410 g/mol. The second-order valence-electron chi connectivity index (χ2n) is 6.57. The van der Waals surface area contributed by atoms with Gasteiger partial charge < -0.3 is 15.0 Å². The van der Waals surface area contributed by atoms with Crippen LogP contribution in [-0.4, -0.2) is 28.2 Å². The standard InChI is InChI=1S/C22H22N2O4S/c1-14-19(22(26)28-3)15(2)23-20(14)21(25)24-17-9-7-8-16(12-17)13-29(27)18-10-5-4-6-11-18/h4-12,23H,13H2,1-3H3,(H,24,25). The van der Waals surface area contributed by atoms with Crippen LogP contribution in [0.5, 0.6) is 0 Å². The molecular weight excluding hydrogens is 388 g/mol. The monoisotopic (exact) mass is 410 g/mol. The van der Waals surface area contributed by atoms with Crippen LogP contribution in [0.3, 0.4) is 0 Å². The molecule has 1 atom stereocenters. The van der Waals surface area contributed by atoms with E-state index < -0.39 is 16.8 Å². The van der Waals surface area contributed by atoms with Gasteiger partial charge in [-0.25, -0.2) is 4.79 Å². The summed E-state index contributed by atoms with van der Waals surface area (Å²) in [5.74, 6) is -0.497. The van der Waals surface area contributed by atoms with Gasteiger partial charge in [-0.1, -0.05) is 30.3 Å². The van der Waals surface area contributed by atoms with Crippen molar-refractivity contribution in [3.8, 4) is 0 Å². The maximum absolute atomic E-state index is 12.7. The number of nitrogens with one attached hydrogen (secondary N) is 2. The third kappa shape index (κ3) is 4.63. The summed E-state index contributed by atoms with van der Waals surface area (Å²) < 4.78 is 17.3. The molecule has 29 heavy (non-hydrogen) atoms. The molecule has 0 saturated carbocycles. The van der Waals surface area contributed by atoms with Crippen LogP contribution in [0.4, 0.5) is 5.69 Å². The van der Waals surface area contributed by atoms with E-state index in [1.807, 2.05) is 36.4 Å². The lowest BCUT2D eigenvalue weighted by molar-refractivity contribution is 0.0599. The number of anilines is 1. The van der Waals surface area contributed by atoms with E-state index in [4.69, 9.17) is 4.74 Å². The molecule has 1 unspecified atom stereocenters. The van der Waals surface area contributed by atoms with Gasteiger partial charge in [-0.3, -0.25) is 9.00 Å². The molecule has 150 valence electrons. The van der Waals surface area contributed by atoms with Crippen LogP contribution in [0.15, 0.2) is 59.5 Å². The molecule has 1 heterocycles. The number of hydrogen-bond acceptors (Lipinski definition) is 4. The number of aromatic nitrogens is 1. The van der Waals surface area contributed by atoms with Gasteiger partial charge in [0.25, 0.3) is 5.91 Å². The predicted molar refractivity (Wildman–Crippen MR) is 113 cm³/mol. The van der Waals surface area contributed by atoms with E-state index in [9.17, 15) is 13.8 Å². The molecule has 3 rings (SSSR count). The molecule has 2 aromatic carbocycles. The Morgan fingerprint density at radius 2 is 1.79 bits per heavy atom. The van der Waals surface area contributed by atoms with E-state index in [1.54, 1.807) is 32.0 Å². The van der Waals surface area contributed by atoms with Crippen molar-refractivity contribution in [2.24, 2.45) is 0 Å². The Kier molecular flexibility index (Phi) is 6.29. The topological polar surface area (TPSA) is 88.3 Å². The summed E-state index contributed by atoms with van der Waals surface area (Å²) >= 11 is 0. The highest BCUT2D eigenvalue weighted by Crippen LogP contribution is 2.21. The SMILES string of the molecule is COC(=O)c1c(C)[nH]c(C(=O)Nc2cccc(CS(=O)c3ccccc3)c2)c1C. The van der Waals surface area contributed by atoms with E-state index in [-0.39, 0.29) is 5.91 Å². The lowest BCUT2D eigenvalue weighted by atomic mass is 10.1. The van der Waals surface area contributed by atoms with Crippen LogP contribution in [-0.2, 0) is 21.3 Å². The van der Waals surface area contributed by atoms with Crippen LogP contribution in [0.1, 0.15) is 37.7 Å². The summed E-state index contributed by atoms with van der Waals surface area (Å²) in [6.07, 6.45) is 0. The molecule has 6 nitrogen and oxygen atoms in total. The fourth-order valence-corrected chi connectivity index (χ4v) is 4.23. The molecule has 0 bridgehead atoms. The van der Waals surface area contributed by atoms with E-state index >= 15 is 0 Å². The van der Waals surface area contributed by atoms with Crippen molar-refractivity contribution in [1.82, 2.24) is 4.98 Å². The number of methoxy groups -OCH3 is 1. The number of benzene rings is 2. The highest BCUT2D eigenvalue weighted by Gasteiger charge is 2.22. The van der Waals surface area contributed by atoms with Gasteiger partial charge >= 0.3 is 5.97 Å². The molecule has 0 saturated heterocycles. The zero-order valence-corrected chi connectivity index (χ0v) is 17.3. The molecule has 0 spiro atoms. The number of esters is 1. The van der Waals surface area contributed by atoms with E-state index in [1.165, 1.54) is 7.11 Å². The zero-order valence-electron chi connectivity index (χ0n) is 16.4. The van der Waals surface area contributed by atoms with Crippen molar-refractivity contribution >= 4 is 28.4 Å². The molecule has 0 aliphatic rings. The summed E-state index contributed by atoms with van der Waals surface area (Å²) in [6.45, 7) is 3.42. The largest absolute Gasteiger partial charge is 0.465 e. The van der Waals surface area contributed by atoms with Gasteiger partial charge in [-0.15, -0.1) is 0 Å². The van der Waals surface area contributed by atoms with Gasteiger partial charge in [-0.2, -0.15) is 0 Å². The van der Waals surface area contributed by atoms with Crippen LogP contribution in [0, 0.1) is 13.8 Å². The van der Waals surface area contributed by atoms with Crippen molar-refractivity contribution in [2.45, 2.75) is 24.5 Å². The lowest BCUT2D eigenvalue weighted by Gasteiger charge is -2.08.